The highest BCUT2D eigenvalue weighted by atomic mass is 35.7. The Morgan fingerprint density at radius 2 is 1.04 bits per heavy atom. The standard InChI is InChI=1S/C29H31F2N3O4S.C23H29N3O2.C6H3ClF2O2S/c1-3-38-25-9-7-20(8-10-25)15-23-16-22-17-24(18-32-29(22)34(23)19-21-11-13-37-14-12-21)33(2)39(35,36)28-26(30)5-4-6-27(28)31;1-3-28-22-6-4-17(5-7-22)12-21-14-19-13-20(24-2)15-25-23(19)26(21)16-18-8-10-27-11-9-18;7-12(10,11)6-4(8)2-1-3-5(6)9/h4-10,16-18,21H,3,11-15,19H2,1-2H3;4-7,13-15,18,24H,3,8-12,16H2,1-2H3;1-3H. The lowest BCUT2D eigenvalue weighted by Gasteiger charge is -2.24. The quantitative estimate of drug-likeness (QED) is 0.0684. The molecule has 0 aliphatic carbocycles. The Hall–Kier alpha value is -6.71. The van der Waals surface area contributed by atoms with Crippen molar-refractivity contribution in [2.45, 2.75) is 75.3 Å². The molecule has 0 bridgehead atoms. The Morgan fingerprint density at radius 1 is 0.620 bits per heavy atom. The summed E-state index contributed by atoms with van der Waals surface area (Å²) in [4.78, 5) is 7.32. The number of aromatic nitrogens is 4. The number of halogens is 5. The molecule has 0 spiro atoms. The van der Waals surface area contributed by atoms with Gasteiger partial charge in [0.2, 0.25) is 0 Å². The van der Waals surface area contributed by atoms with Crippen LogP contribution in [-0.4, -0.2) is 89.7 Å². The van der Waals surface area contributed by atoms with Gasteiger partial charge in [0, 0.05) is 99.3 Å². The van der Waals surface area contributed by atoms with E-state index < -0.39 is 52.1 Å². The fraction of sp³-hybridized carbons (Fsp3) is 0.345. The lowest BCUT2D eigenvalue weighted by atomic mass is 10.00. The van der Waals surface area contributed by atoms with Crippen LogP contribution in [0.3, 0.4) is 0 Å². The Balaban J connectivity index is 0.000000178. The van der Waals surface area contributed by atoms with E-state index in [2.05, 4.69) is 55.8 Å². The van der Waals surface area contributed by atoms with Gasteiger partial charge in [-0.05, 0) is 135 Å². The molecule has 2 aliphatic rings. The van der Waals surface area contributed by atoms with Gasteiger partial charge in [-0.1, -0.05) is 36.4 Å². The third kappa shape index (κ3) is 14.6. The molecule has 2 saturated heterocycles. The molecule has 0 atom stereocenters. The minimum Gasteiger partial charge on any atom is -0.494 e. The molecule has 4 aromatic carbocycles. The minimum absolute atomic E-state index is 0.209. The topological polar surface area (TPSA) is 156 Å². The molecule has 0 saturated carbocycles. The van der Waals surface area contributed by atoms with Crippen LogP contribution in [0.15, 0.2) is 131 Å². The number of ether oxygens (including phenoxy) is 4. The van der Waals surface area contributed by atoms with Crippen molar-refractivity contribution >= 4 is 63.2 Å². The Bertz CT molecular complexity index is 3540. The van der Waals surface area contributed by atoms with Crippen molar-refractivity contribution in [3.63, 3.8) is 0 Å². The van der Waals surface area contributed by atoms with E-state index in [1.807, 2.05) is 57.4 Å². The van der Waals surface area contributed by atoms with E-state index in [0.29, 0.717) is 31.5 Å². The fourth-order valence-electron chi connectivity index (χ4n) is 9.65. The third-order valence-electron chi connectivity index (χ3n) is 13.8. The Kier molecular flexibility index (Phi) is 19.6. The summed E-state index contributed by atoms with van der Waals surface area (Å²) in [5.41, 5.74) is 7.80. The van der Waals surface area contributed by atoms with E-state index in [0.717, 1.165) is 157 Å². The number of nitrogens with zero attached hydrogens (tertiary/aromatic N) is 5. The largest absolute Gasteiger partial charge is 0.494 e. The first-order valence-corrected chi connectivity index (χ1v) is 29.8. The maximum Gasteiger partial charge on any atom is 0.269 e. The lowest BCUT2D eigenvalue weighted by molar-refractivity contribution is 0.0613. The van der Waals surface area contributed by atoms with Gasteiger partial charge >= 0.3 is 0 Å². The van der Waals surface area contributed by atoms with Gasteiger partial charge in [-0.25, -0.2) is 44.4 Å². The SMILES string of the molecule is CCOc1ccc(Cc2cc3cc(N(C)S(=O)(=O)c4c(F)cccc4F)cnc3n2CC2CCOCC2)cc1.CCOc1ccc(Cc2cc3cc(NC)cnc3n2CC2CCOCC2)cc1.O=S(=O)(Cl)c1c(F)cccc1F. The average molecular weight is 1150 g/mol. The Morgan fingerprint density at radius 3 is 1.44 bits per heavy atom. The van der Waals surface area contributed by atoms with Crippen molar-refractivity contribution in [3.05, 3.63) is 167 Å². The summed E-state index contributed by atoms with van der Waals surface area (Å²) in [7, 11) is -0.874. The second-order valence-electron chi connectivity index (χ2n) is 19.1. The molecule has 8 aromatic rings. The van der Waals surface area contributed by atoms with E-state index in [4.69, 9.17) is 34.6 Å². The molecule has 21 heteroatoms. The monoisotopic (exact) mass is 1150 g/mol. The summed E-state index contributed by atoms with van der Waals surface area (Å²) in [6.07, 6.45) is 9.04. The van der Waals surface area contributed by atoms with Crippen LogP contribution < -0.4 is 19.1 Å². The van der Waals surface area contributed by atoms with Crippen molar-refractivity contribution in [2.24, 2.45) is 11.8 Å². The molecule has 420 valence electrons. The lowest BCUT2D eigenvalue weighted by Crippen LogP contribution is -2.28. The van der Waals surface area contributed by atoms with Crippen LogP contribution in [0, 0.1) is 35.1 Å². The van der Waals surface area contributed by atoms with E-state index >= 15 is 0 Å². The first-order chi connectivity index (χ1) is 38.0. The highest BCUT2D eigenvalue weighted by Gasteiger charge is 2.30. The zero-order valence-electron chi connectivity index (χ0n) is 44.3. The molecular formula is C58H63ClF4N6O8S2. The normalized spacial score (nSPS) is 14.3. The average Bonchev–Trinajstić information content (AvgIpc) is 4.10. The molecule has 2 fully saturated rings. The second-order valence-corrected chi connectivity index (χ2v) is 23.5. The van der Waals surface area contributed by atoms with Crippen molar-refractivity contribution in [2.75, 3.05) is 63.4 Å². The van der Waals surface area contributed by atoms with Crippen LogP contribution in [0.5, 0.6) is 11.5 Å². The van der Waals surface area contributed by atoms with Gasteiger partial charge in [-0.15, -0.1) is 0 Å². The predicted molar refractivity (Wildman–Crippen MR) is 298 cm³/mol. The van der Waals surface area contributed by atoms with Crippen molar-refractivity contribution < 1.29 is 53.3 Å². The number of hydrogen-bond acceptors (Lipinski definition) is 11. The number of benzene rings is 4. The van der Waals surface area contributed by atoms with E-state index in [1.54, 1.807) is 6.07 Å². The van der Waals surface area contributed by atoms with Crippen LogP contribution >= 0.6 is 10.7 Å². The first kappa shape index (κ1) is 58.4. The fourth-order valence-corrected chi connectivity index (χ4v) is 12.0. The number of anilines is 2. The molecule has 0 radical (unpaired) electrons. The first-order valence-electron chi connectivity index (χ1n) is 26.0. The maximum atomic E-state index is 14.3. The third-order valence-corrected chi connectivity index (χ3v) is 17.0. The van der Waals surface area contributed by atoms with Gasteiger partial charge in [0.25, 0.3) is 19.1 Å². The van der Waals surface area contributed by atoms with Gasteiger partial charge in [0.15, 0.2) is 9.79 Å². The van der Waals surface area contributed by atoms with Gasteiger partial charge in [0.05, 0.1) is 37.0 Å². The summed E-state index contributed by atoms with van der Waals surface area (Å²) < 4.78 is 129. The van der Waals surface area contributed by atoms with E-state index in [1.165, 1.54) is 29.9 Å². The van der Waals surface area contributed by atoms with Crippen molar-refractivity contribution in [1.82, 2.24) is 19.1 Å². The van der Waals surface area contributed by atoms with Crippen LogP contribution in [0.4, 0.5) is 28.9 Å². The molecular weight excluding hydrogens is 1080 g/mol. The number of hydrogen-bond donors (Lipinski definition) is 1. The predicted octanol–water partition coefficient (Wildman–Crippen LogP) is 11.9. The van der Waals surface area contributed by atoms with Crippen molar-refractivity contribution in [1.29, 1.82) is 0 Å². The summed E-state index contributed by atoms with van der Waals surface area (Å²) in [6.45, 7) is 10.2. The summed E-state index contributed by atoms with van der Waals surface area (Å²) in [5, 5.41) is 5.14. The molecule has 1 N–H and O–H groups in total. The van der Waals surface area contributed by atoms with E-state index in [-0.39, 0.29) is 5.69 Å². The summed E-state index contributed by atoms with van der Waals surface area (Å²) >= 11 is 0. The zero-order valence-corrected chi connectivity index (χ0v) is 46.7. The molecule has 10 rings (SSSR count). The highest BCUT2D eigenvalue weighted by Crippen LogP contribution is 2.32. The molecule has 4 aromatic heterocycles. The second kappa shape index (κ2) is 26.5. The van der Waals surface area contributed by atoms with Crippen LogP contribution in [0.1, 0.15) is 62.0 Å². The number of sulfonamides is 1. The minimum atomic E-state index is -4.49. The maximum absolute atomic E-state index is 14.3. The molecule has 0 unspecified atom stereocenters. The smallest absolute Gasteiger partial charge is 0.269 e. The number of rotatable bonds is 17. The number of fused-ring (bicyclic) bond motifs is 2. The zero-order chi connectivity index (χ0) is 56.3. The Labute approximate surface area is 462 Å². The molecule has 79 heavy (non-hydrogen) atoms. The number of pyridine rings is 2. The molecule has 2 aliphatic heterocycles. The summed E-state index contributed by atoms with van der Waals surface area (Å²) in [6, 6.07) is 30.2. The van der Waals surface area contributed by atoms with Gasteiger partial charge in [-0.2, -0.15) is 0 Å². The van der Waals surface area contributed by atoms with Gasteiger partial charge in [-0.3, -0.25) is 4.31 Å². The molecule has 0 amide bonds. The van der Waals surface area contributed by atoms with Crippen LogP contribution in [-0.2, 0) is 54.5 Å². The number of nitrogens with one attached hydrogen (secondary N) is 1. The van der Waals surface area contributed by atoms with Gasteiger partial charge < -0.3 is 33.4 Å². The molecule has 6 heterocycles. The highest BCUT2D eigenvalue weighted by molar-refractivity contribution is 8.13. The van der Waals surface area contributed by atoms with E-state index in [9.17, 15) is 34.4 Å². The molecule has 14 nitrogen and oxygen atoms in total. The van der Waals surface area contributed by atoms with Crippen molar-refractivity contribution in [3.8, 4) is 11.5 Å². The van der Waals surface area contributed by atoms with Crippen LogP contribution in [0.25, 0.3) is 22.1 Å². The van der Waals surface area contributed by atoms with Gasteiger partial charge in [0.1, 0.15) is 46.1 Å². The van der Waals surface area contributed by atoms with Crippen LogP contribution in [0.2, 0.25) is 0 Å². The summed E-state index contributed by atoms with van der Waals surface area (Å²) in [5.74, 6) is -1.85.